The van der Waals surface area contributed by atoms with Crippen LogP contribution in [0.3, 0.4) is 0 Å². The van der Waals surface area contributed by atoms with Gasteiger partial charge in [0.25, 0.3) is 5.56 Å². The van der Waals surface area contributed by atoms with Crippen molar-refractivity contribution < 1.29 is 9.53 Å². The lowest BCUT2D eigenvalue weighted by molar-refractivity contribution is -0.118. The average Bonchev–Trinajstić information content (AvgIpc) is 2.73. The lowest BCUT2D eigenvalue weighted by Crippen LogP contribution is -2.42. The highest BCUT2D eigenvalue weighted by Gasteiger charge is 2.24. The van der Waals surface area contributed by atoms with Crippen LogP contribution in [0, 0.1) is 6.92 Å². The maximum atomic E-state index is 13.3. The Labute approximate surface area is 183 Å². The van der Waals surface area contributed by atoms with Crippen molar-refractivity contribution in [1.29, 1.82) is 0 Å². The SMILES string of the molecule is CCCCCN(C(=O)Cc1ccc(C)c(OC)c1)c1c(N)n(CCCC)c(=O)[nH]c1=O. The van der Waals surface area contributed by atoms with Gasteiger partial charge in [0.15, 0.2) is 5.69 Å². The van der Waals surface area contributed by atoms with Crippen LogP contribution >= 0.6 is 0 Å². The first-order chi connectivity index (χ1) is 14.8. The molecule has 8 nitrogen and oxygen atoms in total. The molecule has 0 atom stereocenters. The molecule has 0 aliphatic heterocycles. The molecule has 1 amide bonds. The molecule has 0 saturated heterocycles. The standard InChI is InChI=1S/C23H34N4O4/c1-5-7-9-13-26(19(28)15-17-11-10-16(3)18(14-17)31-4)20-21(24)27(12-8-6-2)23(30)25-22(20)29/h10-11,14H,5-9,12-13,15,24H2,1-4H3,(H,25,29,30). The number of hydrogen-bond acceptors (Lipinski definition) is 5. The van der Waals surface area contributed by atoms with Crippen LogP contribution in [0.1, 0.15) is 57.1 Å². The minimum atomic E-state index is -0.637. The number of ether oxygens (including phenoxy) is 1. The number of anilines is 2. The number of nitrogen functional groups attached to an aromatic ring is 1. The van der Waals surface area contributed by atoms with Crippen LogP contribution in [0.4, 0.5) is 11.5 Å². The molecule has 1 aromatic carbocycles. The fourth-order valence-electron chi connectivity index (χ4n) is 3.50. The largest absolute Gasteiger partial charge is 0.496 e. The van der Waals surface area contributed by atoms with Gasteiger partial charge in [-0.3, -0.25) is 19.1 Å². The highest BCUT2D eigenvalue weighted by atomic mass is 16.5. The summed E-state index contributed by atoms with van der Waals surface area (Å²) in [6, 6.07) is 5.60. The van der Waals surface area contributed by atoms with Crippen molar-refractivity contribution in [1.82, 2.24) is 9.55 Å². The summed E-state index contributed by atoms with van der Waals surface area (Å²) in [4.78, 5) is 42.0. The van der Waals surface area contributed by atoms with Crippen LogP contribution in [0.2, 0.25) is 0 Å². The molecule has 0 aliphatic rings. The number of unbranched alkanes of at least 4 members (excludes halogenated alkanes) is 3. The Kier molecular flexibility index (Phi) is 8.90. The molecule has 0 unspecified atom stereocenters. The summed E-state index contributed by atoms with van der Waals surface area (Å²) in [5.41, 5.74) is 6.87. The number of carbonyl (C=O) groups is 1. The molecule has 3 N–H and O–H groups in total. The van der Waals surface area contributed by atoms with Gasteiger partial charge >= 0.3 is 5.69 Å². The van der Waals surface area contributed by atoms with Crippen molar-refractivity contribution in [2.45, 2.75) is 65.8 Å². The van der Waals surface area contributed by atoms with E-state index in [1.165, 1.54) is 9.47 Å². The summed E-state index contributed by atoms with van der Waals surface area (Å²) in [6.07, 6.45) is 4.31. The summed E-state index contributed by atoms with van der Waals surface area (Å²) in [5, 5.41) is 0. The summed E-state index contributed by atoms with van der Waals surface area (Å²) in [6.45, 7) is 6.74. The maximum Gasteiger partial charge on any atom is 0.330 e. The first kappa shape index (κ1) is 24.2. The third-order valence-electron chi connectivity index (χ3n) is 5.33. The zero-order chi connectivity index (χ0) is 23.0. The molecule has 31 heavy (non-hydrogen) atoms. The summed E-state index contributed by atoms with van der Waals surface area (Å²) in [5.74, 6) is 0.488. The number of aromatic nitrogens is 2. The molecule has 8 heteroatoms. The monoisotopic (exact) mass is 430 g/mol. The van der Waals surface area contributed by atoms with Gasteiger partial charge in [0.1, 0.15) is 11.6 Å². The van der Waals surface area contributed by atoms with Gasteiger partial charge in [-0.15, -0.1) is 0 Å². The van der Waals surface area contributed by atoms with Crippen LogP contribution < -0.4 is 26.6 Å². The second-order valence-electron chi connectivity index (χ2n) is 7.73. The Bertz CT molecular complexity index is 1010. The quantitative estimate of drug-likeness (QED) is 0.533. The lowest BCUT2D eigenvalue weighted by atomic mass is 10.1. The second-order valence-corrected chi connectivity index (χ2v) is 7.73. The van der Waals surface area contributed by atoms with Gasteiger partial charge in [0.2, 0.25) is 5.91 Å². The molecule has 2 aromatic rings. The Balaban J connectivity index is 2.45. The minimum absolute atomic E-state index is 0.0357. The number of carbonyl (C=O) groups excluding carboxylic acids is 1. The van der Waals surface area contributed by atoms with E-state index in [-0.39, 0.29) is 23.8 Å². The van der Waals surface area contributed by atoms with Crippen LogP contribution in [0.15, 0.2) is 27.8 Å². The van der Waals surface area contributed by atoms with E-state index in [1.54, 1.807) is 7.11 Å². The van der Waals surface area contributed by atoms with E-state index in [4.69, 9.17) is 10.5 Å². The predicted octanol–water partition coefficient (Wildman–Crippen LogP) is 3.00. The molecule has 2 rings (SSSR count). The first-order valence-electron chi connectivity index (χ1n) is 10.9. The number of methoxy groups -OCH3 is 1. The van der Waals surface area contributed by atoms with Gasteiger partial charge in [-0.2, -0.15) is 0 Å². The van der Waals surface area contributed by atoms with Crippen LogP contribution in [0.25, 0.3) is 0 Å². The Morgan fingerprint density at radius 2 is 1.87 bits per heavy atom. The zero-order valence-corrected chi connectivity index (χ0v) is 19.0. The summed E-state index contributed by atoms with van der Waals surface area (Å²) < 4.78 is 6.70. The average molecular weight is 431 g/mol. The highest BCUT2D eigenvalue weighted by molar-refractivity contribution is 5.96. The molecule has 0 fully saturated rings. The number of nitrogens with zero attached hydrogens (tertiary/aromatic N) is 2. The molecule has 0 bridgehead atoms. The number of benzene rings is 1. The molecular weight excluding hydrogens is 396 g/mol. The molecule has 0 spiro atoms. The number of aromatic amines is 1. The topological polar surface area (TPSA) is 110 Å². The van der Waals surface area contributed by atoms with Crippen LogP contribution in [0.5, 0.6) is 5.75 Å². The number of amides is 1. The Morgan fingerprint density at radius 1 is 1.16 bits per heavy atom. The smallest absolute Gasteiger partial charge is 0.330 e. The fourth-order valence-corrected chi connectivity index (χ4v) is 3.50. The van der Waals surface area contributed by atoms with Gasteiger partial charge < -0.3 is 15.4 Å². The van der Waals surface area contributed by atoms with E-state index in [9.17, 15) is 14.4 Å². The number of H-pyrrole nitrogens is 1. The van der Waals surface area contributed by atoms with E-state index in [2.05, 4.69) is 11.9 Å². The van der Waals surface area contributed by atoms with Gasteiger partial charge in [0.05, 0.1) is 13.5 Å². The number of hydrogen-bond donors (Lipinski definition) is 2. The predicted molar refractivity (Wildman–Crippen MR) is 124 cm³/mol. The first-order valence-corrected chi connectivity index (χ1v) is 10.9. The van der Waals surface area contributed by atoms with E-state index in [0.717, 1.165) is 43.2 Å². The number of nitrogens with two attached hydrogens (primary N) is 1. The van der Waals surface area contributed by atoms with Crippen molar-refractivity contribution in [2.24, 2.45) is 0 Å². The van der Waals surface area contributed by atoms with Crippen LogP contribution in [-0.4, -0.2) is 29.1 Å². The molecule has 0 saturated carbocycles. The third kappa shape index (κ3) is 5.99. The van der Waals surface area contributed by atoms with Gasteiger partial charge in [-0.05, 0) is 37.0 Å². The number of rotatable bonds is 11. The molecular formula is C23H34N4O4. The second kappa shape index (κ2) is 11.4. The lowest BCUT2D eigenvalue weighted by Gasteiger charge is -2.25. The van der Waals surface area contributed by atoms with Crippen molar-refractivity contribution in [3.63, 3.8) is 0 Å². The van der Waals surface area contributed by atoms with Gasteiger partial charge in [-0.1, -0.05) is 45.2 Å². The minimum Gasteiger partial charge on any atom is -0.496 e. The Hall–Kier alpha value is -3.03. The molecule has 1 aromatic heterocycles. The van der Waals surface area contributed by atoms with Crippen molar-refractivity contribution in [3.8, 4) is 5.75 Å². The normalized spacial score (nSPS) is 10.8. The van der Waals surface area contributed by atoms with E-state index in [0.29, 0.717) is 18.8 Å². The zero-order valence-electron chi connectivity index (χ0n) is 19.0. The molecule has 1 heterocycles. The van der Waals surface area contributed by atoms with Gasteiger partial charge in [-0.25, -0.2) is 4.79 Å². The van der Waals surface area contributed by atoms with Crippen molar-refractivity contribution in [3.05, 3.63) is 50.2 Å². The molecule has 170 valence electrons. The molecule has 0 aliphatic carbocycles. The Morgan fingerprint density at radius 3 is 2.52 bits per heavy atom. The fraction of sp³-hybridized carbons (Fsp3) is 0.522. The van der Waals surface area contributed by atoms with E-state index < -0.39 is 11.2 Å². The van der Waals surface area contributed by atoms with E-state index >= 15 is 0 Å². The van der Waals surface area contributed by atoms with Crippen LogP contribution in [-0.2, 0) is 17.8 Å². The summed E-state index contributed by atoms with van der Waals surface area (Å²) >= 11 is 0. The van der Waals surface area contributed by atoms with E-state index in [1.807, 2.05) is 32.0 Å². The van der Waals surface area contributed by atoms with Gasteiger partial charge in [0, 0.05) is 13.1 Å². The number of nitrogens with one attached hydrogen (secondary N) is 1. The summed E-state index contributed by atoms with van der Waals surface area (Å²) in [7, 11) is 1.59. The highest BCUT2D eigenvalue weighted by Crippen LogP contribution is 2.22. The van der Waals surface area contributed by atoms with Crippen molar-refractivity contribution >= 4 is 17.4 Å². The maximum absolute atomic E-state index is 13.3. The number of aryl methyl sites for hydroxylation is 1. The molecule has 0 radical (unpaired) electrons. The van der Waals surface area contributed by atoms with Crippen molar-refractivity contribution in [2.75, 3.05) is 24.3 Å². The third-order valence-corrected chi connectivity index (χ3v) is 5.33.